The summed E-state index contributed by atoms with van der Waals surface area (Å²) in [6.07, 6.45) is 12.6. The minimum atomic E-state index is 1.22. The van der Waals surface area contributed by atoms with Crippen LogP contribution in [0.3, 0.4) is 0 Å². The summed E-state index contributed by atoms with van der Waals surface area (Å²) in [7, 11) is 0. The van der Waals surface area contributed by atoms with Crippen molar-refractivity contribution in [3.63, 3.8) is 0 Å². The average molecular weight is 216 g/mol. The first kappa shape index (κ1) is 13.0. The molecular weight excluding hydrogens is 192 g/mol. The second-order valence-electron chi connectivity index (χ2n) is 4.46. The van der Waals surface area contributed by atoms with Gasteiger partial charge in [0.25, 0.3) is 0 Å². The Morgan fingerprint density at radius 3 is 2.50 bits per heavy atom. The van der Waals surface area contributed by atoms with Gasteiger partial charge >= 0.3 is 0 Å². The lowest BCUT2D eigenvalue weighted by atomic mass is 10.1. The van der Waals surface area contributed by atoms with E-state index in [9.17, 15) is 0 Å². The Morgan fingerprint density at radius 1 is 1.00 bits per heavy atom. The van der Waals surface area contributed by atoms with Gasteiger partial charge in [0.2, 0.25) is 0 Å². The molecule has 0 aliphatic heterocycles. The molecule has 0 aliphatic carbocycles. The molecule has 0 fully saturated rings. The fourth-order valence-corrected chi connectivity index (χ4v) is 1.85. The minimum Gasteiger partial charge on any atom is -0.0839 e. The highest BCUT2D eigenvalue weighted by molar-refractivity contribution is 5.53. The molecule has 0 amide bonds. The molecule has 0 bridgehead atoms. The Morgan fingerprint density at radius 2 is 1.75 bits per heavy atom. The minimum absolute atomic E-state index is 1.22. The number of unbranched alkanes of at least 4 members (excludes halogenated alkanes) is 5. The van der Waals surface area contributed by atoms with Crippen LogP contribution in [0.5, 0.6) is 0 Å². The van der Waals surface area contributed by atoms with Crippen molar-refractivity contribution in [2.45, 2.75) is 52.4 Å². The summed E-state index contributed by atoms with van der Waals surface area (Å²) in [4.78, 5) is 0. The molecule has 0 atom stereocenters. The molecule has 0 unspecified atom stereocenters. The maximum atomic E-state index is 2.31. The zero-order chi connectivity index (χ0) is 11.6. The first-order valence-corrected chi connectivity index (χ1v) is 6.56. The molecule has 0 heterocycles. The topological polar surface area (TPSA) is 0 Å². The standard InChI is InChI=1S/C16H24/c1-3-4-5-6-7-8-9-13-16-14-11-10-12-15(16)2/h9-14H,3-8H2,1-2H3/b13-9-. The molecule has 0 N–H and O–H groups in total. The van der Waals surface area contributed by atoms with Gasteiger partial charge in [0.15, 0.2) is 0 Å². The summed E-state index contributed by atoms with van der Waals surface area (Å²) >= 11 is 0. The number of benzene rings is 1. The van der Waals surface area contributed by atoms with E-state index in [1.807, 2.05) is 0 Å². The molecule has 0 heteroatoms. The quantitative estimate of drug-likeness (QED) is 0.538. The van der Waals surface area contributed by atoms with Crippen LogP contribution in [0.15, 0.2) is 30.3 Å². The largest absolute Gasteiger partial charge is 0.0839 e. The van der Waals surface area contributed by atoms with Crippen LogP contribution in [0.4, 0.5) is 0 Å². The van der Waals surface area contributed by atoms with Crippen molar-refractivity contribution >= 4 is 6.08 Å². The lowest BCUT2D eigenvalue weighted by molar-refractivity contribution is 0.638. The van der Waals surface area contributed by atoms with Crippen LogP contribution >= 0.6 is 0 Å². The van der Waals surface area contributed by atoms with E-state index in [1.165, 1.54) is 49.7 Å². The average Bonchev–Trinajstić information content (AvgIpc) is 2.30. The number of aryl methyl sites for hydroxylation is 1. The molecule has 0 aromatic heterocycles. The van der Waals surface area contributed by atoms with E-state index in [4.69, 9.17) is 0 Å². The highest BCUT2D eigenvalue weighted by Gasteiger charge is 1.90. The maximum Gasteiger partial charge on any atom is -0.0231 e. The van der Waals surface area contributed by atoms with Crippen LogP contribution in [0.2, 0.25) is 0 Å². The SMILES string of the molecule is CCCCCCC/C=C\c1ccccc1C. The van der Waals surface area contributed by atoms with Crippen molar-refractivity contribution in [3.05, 3.63) is 41.5 Å². The highest BCUT2D eigenvalue weighted by Crippen LogP contribution is 2.11. The molecule has 0 nitrogen and oxygen atoms in total. The van der Waals surface area contributed by atoms with E-state index in [0.717, 1.165) is 0 Å². The van der Waals surface area contributed by atoms with Crippen LogP contribution < -0.4 is 0 Å². The molecule has 0 saturated carbocycles. The van der Waals surface area contributed by atoms with Gasteiger partial charge in [0.1, 0.15) is 0 Å². The van der Waals surface area contributed by atoms with Crippen molar-refractivity contribution in [1.82, 2.24) is 0 Å². The molecule has 1 aromatic rings. The van der Waals surface area contributed by atoms with E-state index in [2.05, 4.69) is 50.3 Å². The van der Waals surface area contributed by atoms with Crippen molar-refractivity contribution < 1.29 is 0 Å². The Bertz CT molecular complexity index is 310. The van der Waals surface area contributed by atoms with E-state index in [0.29, 0.717) is 0 Å². The molecule has 1 aromatic carbocycles. The second-order valence-corrected chi connectivity index (χ2v) is 4.46. The molecule has 1 rings (SSSR count). The van der Waals surface area contributed by atoms with Crippen LogP contribution in [0.1, 0.15) is 56.6 Å². The molecule has 16 heavy (non-hydrogen) atoms. The van der Waals surface area contributed by atoms with Crippen molar-refractivity contribution in [3.8, 4) is 0 Å². The normalized spacial score (nSPS) is 11.1. The van der Waals surface area contributed by atoms with Crippen LogP contribution in [0.25, 0.3) is 6.08 Å². The summed E-state index contributed by atoms with van der Waals surface area (Å²) in [5.74, 6) is 0. The fraction of sp³-hybridized carbons (Fsp3) is 0.500. The molecular formula is C16H24. The van der Waals surface area contributed by atoms with E-state index >= 15 is 0 Å². The first-order chi connectivity index (χ1) is 7.84. The number of allylic oxidation sites excluding steroid dienone is 1. The zero-order valence-electron chi connectivity index (χ0n) is 10.7. The summed E-state index contributed by atoms with van der Waals surface area (Å²) in [5, 5.41) is 0. The van der Waals surface area contributed by atoms with E-state index < -0.39 is 0 Å². The van der Waals surface area contributed by atoms with Crippen molar-refractivity contribution in [1.29, 1.82) is 0 Å². The van der Waals surface area contributed by atoms with Crippen molar-refractivity contribution in [2.75, 3.05) is 0 Å². The van der Waals surface area contributed by atoms with Gasteiger partial charge in [-0.05, 0) is 30.9 Å². The third kappa shape index (κ3) is 5.16. The molecule has 0 spiro atoms. The number of hydrogen-bond acceptors (Lipinski definition) is 0. The third-order valence-electron chi connectivity index (χ3n) is 2.96. The Balaban J connectivity index is 2.20. The summed E-state index contributed by atoms with van der Waals surface area (Å²) in [6, 6.07) is 8.55. The lowest BCUT2D eigenvalue weighted by Gasteiger charge is -1.99. The van der Waals surface area contributed by atoms with Crippen LogP contribution in [-0.4, -0.2) is 0 Å². The zero-order valence-corrected chi connectivity index (χ0v) is 10.7. The van der Waals surface area contributed by atoms with Gasteiger partial charge in [-0.1, -0.05) is 69.0 Å². The fourth-order valence-electron chi connectivity index (χ4n) is 1.85. The van der Waals surface area contributed by atoms with Gasteiger partial charge in [-0.25, -0.2) is 0 Å². The third-order valence-corrected chi connectivity index (χ3v) is 2.96. The first-order valence-electron chi connectivity index (χ1n) is 6.56. The van der Waals surface area contributed by atoms with Gasteiger partial charge in [-0.2, -0.15) is 0 Å². The Hall–Kier alpha value is -1.04. The molecule has 0 radical (unpaired) electrons. The number of rotatable bonds is 7. The summed E-state index contributed by atoms with van der Waals surface area (Å²) in [5.41, 5.74) is 2.72. The van der Waals surface area contributed by atoms with Gasteiger partial charge in [0.05, 0.1) is 0 Å². The smallest absolute Gasteiger partial charge is 0.0231 e. The molecule has 0 aliphatic rings. The van der Waals surface area contributed by atoms with Gasteiger partial charge in [-0.3, -0.25) is 0 Å². The summed E-state index contributed by atoms with van der Waals surface area (Å²) < 4.78 is 0. The second kappa shape index (κ2) is 8.15. The Kier molecular flexibility index (Phi) is 6.64. The van der Waals surface area contributed by atoms with Crippen LogP contribution in [0, 0.1) is 6.92 Å². The lowest BCUT2D eigenvalue weighted by Crippen LogP contribution is -1.79. The number of hydrogen-bond donors (Lipinski definition) is 0. The predicted molar refractivity (Wildman–Crippen MR) is 73.6 cm³/mol. The van der Waals surface area contributed by atoms with Gasteiger partial charge in [-0.15, -0.1) is 0 Å². The Labute approximate surface area is 100 Å². The van der Waals surface area contributed by atoms with Crippen LogP contribution in [-0.2, 0) is 0 Å². The van der Waals surface area contributed by atoms with E-state index in [-0.39, 0.29) is 0 Å². The predicted octanol–water partition coefficient (Wildman–Crippen LogP) is 5.37. The monoisotopic (exact) mass is 216 g/mol. The maximum absolute atomic E-state index is 2.31. The van der Waals surface area contributed by atoms with Gasteiger partial charge < -0.3 is 0 Å². The van der Waals surface area contributed by atoms with Crippen molar-refractivity contribution in [2.24, 2.45) is 0 Å². The van der Waals surface area contributed by atoms with E-state index in [1.54, 1.807) is 0 Å². The molecule has 0 saturated heterocycles. The highest BCUT2D eigenvalue weighted by atomic mass is 14.0. The summed E-state index contributed by atoms with van der Waals surface area (Å²) in [6.45, 7) is 4.43. The molecule has 88 valence electrons. The van der Waals surface area contributed by atoms with Gasteiger partial charge in [0, 0.05) is 0 Å².